The summed E-state index contributed by atoms with van der Waals surface area (Å²) in [6.45, 7) is 2.02. The summed E-state index contributed by atoms with van der Waals surface area (Å²) in [5.74, 6) is 0.637. The van der Waals surface area contributed by atoms with Gasteiger partial charge in [0.1, 0.15) is 12.2 Å². The highest BCUT2D eigenvalue weighted by molar-refractivity contribution is 5.30. The Bertz CT molecular complexity index is 689. The number of tetrazole rings is 1. The van der Waals surface area contributed by atoms with Crippen LogP contribution < -0.4 is 0 Å². The minimum Gasteiger partial charge on any atom is -0.387 e. The van der Waals surface area contributed by atoms with Crippen LogP contribution in [0.3, 0.4) is 0 Å². The number of hydrogen-bond acceptors (Lipinski definition) is 6. The summed E-state index contributed by atoms with van der Waals surface area (Å²) in [5, 5.41) is 28.9. The molecule has 1 unspecified atom stereocenters. The molecule has 3 rings (SSSR count). The number of aliphatic hydroxyl groups is 1. The van der Waals surface area contributed by atoms with Crippen molar-refractivity contribution in [2.24, 2.45) is 0 Å². The maximum absolute atomic E-state index is 9.43. The zero-order valence-corrected chi connectivity index (χ0v) is 10.8. The first-order valence-corrected chi connectivity index (χ1v) is 6.15. The van der Waals surface area contributed by atoms with Gasteiger partial charge in [-0.1, -0.05) is 23.4 Å². The van der Waals surface area contributed by atoms with E-state index in [-0.39, 0.29) is 0 Å². The van der Waals surface area contributed by atoms with Gasteiger partial charge in [0.2, 0.25) is 0 Å². The van der Waals surface area contributed by atoms with Crippen molar-refractivity contribution < 1.29 is 5.11 Å². The van der Waals surface area contributed by atoms with Crippen molar-refractivity contribution in [2.75, 3.05) is 0 Å². The topological polar surface area (TPSA) is 94.5 Å². The van der Waals surface area contributed by atoms with Crippen LogP contribution in [0.5, 0.6) is 0 Å². The van der Waals surface area contributed by atoms with Gasteiger partial charge in [0, 0.05) is 0 Å². The average Bonchev–Trinajstić information content (AvgIpc) is 3.09. The van der Waals surface area contributed by atoms with Crippen molar-refractivity contribution in [3.8, 4) is 5.69 Å². The van der Waals surface area contributed by atoms with E-state index in [0.29, 0.717) is 18.1 Å². The van der Waals surface area contributed by atoms with Gasteiger partial charge in [0.05, 0.1) is 18.0 Å². The molecule has 0 spiro atoms. The molecule has 2 aromatic heterocycles. The Kier molecular flexibility index (Phi) is 3.21. The predicted molar refractivity (Wildman–Crippen MR) is 68.9 cm³/mol. The van der Waals surface area contributed by atoms with Gasteiger partial charge in [0.25, 0.3) is 0 Å². The Morgan fingerprint density at radius 2 is 1.95 bits per heavy atom. The molecular formula is C12H13N7O. The number of aromatic nitrogens is 7. The normalized spacial score (nSPS) is 12.5. The summed E-state index contributed by atoms with van der Waals surface area (Å²) < 4.78 is 3.23. The maximum Gasteiger partial charge on any atom is 0.178 e. The van der Waals surface area contributed by atoms with Gasteiger partial charge in [-0.25, -0.2) is 4.68 Å². The van der Waals surface area contributed by atoms with Gasteiger partial charge >= 0.3 is 0 Å². The first-order valence-electron chi connectivity index (χ1n) is 6.15. The van der Waals surface area contributed by atoms with Crippen LogP contribution in [0.25, 0.3) is 5.69 Å². The molecule has 20 heavy (non-hydrogen) atoms. The first kappa shape index (κ1) is 12.4. The maximum atomic E-state index is 9.43. The summed E-state index contributed by atoms with van der Waals surface area (Å²) in [7, 11) is 0. The van der Waals surface area contributed by atoms with E-state index >= 15 is 0 Å². The third kappa shape index (κ3) is 2.41. The van der Waals surface area contributed by atoms with E-state index in [1.54, 1.807) is 22.5 Å². The Morgan fingerprint density at radius 3 is 2.65 bits per heavy atom. The van der Waals surface area contributed by atoms with Gasteiger partial charge < -0.3 is 5.11 Å². The van der Waals surface area contributed by atoms with Crippen molar-refractivity contribution >= 4 is 0 Å². The van der Waals surface area contributed by atoms with E-state index in [9.17, 15) is 5.11 Å². The van der Waals surface area contributed by atoms with Crippen molar-refractivity contribution in [1.29, 1.82) is 0 Å². The molecule has 0 saturated carbocycles. The van der Waals surface area contributed by atoms with E-state index in [2.05, 4.69) is 25.8 Å². The fraction of sp³-hybridized carbons (Fsp3) is 0.250. The van der Waals surface area contributed by atoms with Crippen LogP contribution in [0.2, 0.25) is 0 Å². The quantitative estimate of drug-likeness (QED) is 0.736. The smallest absolute Gasteiger partial charge is 0.178 e. The summed E-state index contributed by atoms with van der Waals surface area (Å²) >= 11 is 0. The summed E-state index contributed by atoms with van der Waals surface area (Å²) in [6, 6.07) is 9.61. The molecule has 1 N–H and O–H groups in total. The van der Waals surface area contributed by atoms with Gasteiger partial charge in [-0.2, -0.15) is 4.68 Å². The van der Waals surface area contributed by atoms with Gasteiger partial charge in [-0.15, -0.1) is 10.2 Å². The molecule has 0 amide bonds. The number of rotatable bonds is 4. The second kappa shape index (κ2) is 5.17. The molecule has 2 heterocycles. The first-order chi connectivity index (χ1) is 9.74. The van der Waals surface area contributed by atoms with Crippen LogP contribution in [-0.4, -0.2) is 40.3 Å². The number of nitrogens with zero attached hydrogens (tertiary/aromatic N) is 7. The Labute approximate surface area is 114 Å². The molecule has 0 aliphatic rings. The van der Waals surface area contributed by atoms with E-state index in [4.69, 9.17) is 0 Å². The fourth-order valence-corrected chi connectivity index (χ4v) is 1.80. The molecule has 0 radical (unpaired) electrons. The molecule has 0 fully saturated rings. The monoisotopic (exact) mass is 271 g/mol. The van der Waals surface area contributed by atoms with Gasteiger partial charge in [0.15, 0.2) is 5.82 Å². The molecule has 0 aliphatic heterocycles. The highest BCUT2D eigenvalue weighted by Crippen LogP contribution is 2.10. The second-order valence-corrected chi connectivity index (χ2v) is 4.36. The molecule has 3 aromatic rings. The largest absolute Gasteiger partial charge is 0.387 e. The lowest BCUT2D eigenvalue weighted by Gasteiger charge is -2.03. The Morgan fingerprint density at radius 1 is 1.15 bits per heavy atom. The van der Waals surface area contributed by atoms with Gasteiger partial charge in [-0.05, 0) is 29.5 Å². The zero-order valence-electron chi connectivity index (χ0n) is 10.8. The number of benzene rings is 1. The van der Waals surface area contributed by atoms with Crippen LogP contribution >= 0.6 is 0 Å². The molecule has 8 heteroatoms. The SMILES string of the molecule is CC(O)c1cn(Cc2nnnn2-c2ccccc2)nn1. The van der Waals surface area contributed by atoms with Crippen LogP contribution in [0, 0.1) is 0 Å². The molecule has 0 bridgehead atoms. The standard InChI is InChI=1S/C12H13N7O/c1-9(20)11-7-18(16-13-11)8-12-14-15-17-19(12)10-5-3-2-4-6-10/h2-7,9,20H,8H2,1H3. The highest BCUT2D eigenvalue weighted by Gasteiger charge is 2.11. The predicted octanol–water partition coefficient (Wildman–Crippen LogP) is 0.355. The van der Waals surface area contributed by atoms with Crippen LogP contribution in [0.1, 0.15) is 24.5 Å². The molecule has 8 nitrogen and oxygen atoms in total. The van der Waals surface area contributed by atoms with Crippen molar-refractivity contribution in [1.82, 2.24) is 35.2 Å². The Hall–Kier alpha value is -2.61. The Balaban J connectivity index is 1.87. The molecule has 102 valence electrons. The number of aliphatic hydroxyl groups excluding tert-OH is 1. The van der Waals surface area contributed by atoms with Crippen molar-refractivity contribution in [3.63, 3.8) is 0 Å². The number of hydrogen-bond donors (Lipinski definition) is 1. The van der Waals surface area contributed by atoms with E-state index in [1.165, 1.54) is 0 Å². The molecule has 1 aromatic carbocycles. The minimum atomic E-state index is -0.645. The van der Waals surface area contributed by atoms with Crippen molar-refractivity contribution in [2.45, 2.75) is 19.6 Å². The third-order valence-corrected chi connectivity index (χ3v) is 2.82. The molecule has 0 saturated heterocycles. The fourth-order valence-electron chi connectivity index (χ4n) is 1.80. The zero-order chi connectivity index (χ0) is 13.9. The van der Waals surface area contributed by atoms with E-state index in [0.717, 1.165) is 5.69 Å². The molecule has 1 atom stereocenters. The molecular weight excluding hydrogens is 258 g/mol. The minimum absolute atomic E-state index is 0.377. The van der Waals surface area contributed by atoms with E-state index in [1.807, 2.05) is 30.3 Å². The average molecular weight is 271 g/mol. The summed E-state index contributed by atoms with van der Waals surface area (Å²) in [6.07, 6.45) is 1.03. The summed E-state index contributed by atoms with van der Waals surface area (Å²) in [5.41, 5.74) is 1.40. The highest BCUT2D eigenvalue weighted by atomic mass is 16.3. The number of para-hydroxylation sites is 1. The van der Waals surface area contributed by atoms with Crippen LogP contribution in [0.4, 0.5) is 0 Å². The lowest BCUT2D eigenvalue weighted by Crippen LogP contribution is -2.09. The second-order valence-electron chi connectivity index (χ2n) is 4.36. The van der Waals surface area contributed by atoms with E-state index < -0.39 is 6.10 Å². The summed E-state index contributed by atoms with van der Waals surface area (Å²) in [4.78, 5) is 0. The molecule has 0 aliphatic carbocycles. The lowest BCUT2D eigenvalue weighted by atomic mass is 10.3. The third-order valence-electron chi connectivity index (χ3n) is 2.82. The van der Waals surface area contributed by atoms with Gasteiger partial charge in [-0.3, -0.25) is 0 Å². The lowest BCUT2D eigenvalue weighted by molar-refractivity contribution is 0.194. The van der Waals surface area contributed by atoms with Crippen LogP contribution in [0.15, 0.2) is 36.5 Å². The van der Waals surface area contributed by atoms with Crippen LogP contribution in [-0.2, 0) is 6.54 Å². The van der Waals surface area contributed by atoms with Crippen molar-refractivity contribution in [3.05, 3.63) is 48.0 Å².